The van der Waals surface area contributed by atoms with Crippen molar-refractivity contribution in [1.29, 1.82) is 0 Å². The molecule has 128 valence electrons. The van der Waals surface area contributed by atoms with Crippen molar-refractivity contribution in [2.24, 2.45) is 0 Å². The number of hydrogen-bond acceptors (Lipinski definition) is 3. The van der Waals surface area contributed by atoms with E-state index < -0.39 is 10.0 Å². The van der Waals surface area contributed by atoms with Crippen molar-refractivity contribution in [3.63, 3.8) is 0 Å². The minimum atomic E-state index is -3.70. The van der Waals surface area contributed by atoms with E-state index in [1.807, 2.05) is 12.1 Å². The number of benzene rings is 2. The zero-order chi connectivity index (χ0) is 17.2. The van der Waals surface area contributed by atoms with Gasteiger partial charge in [-0.15, -0.1) is 0 Å². The molecule has 1 fully saturated rings. The molecule has 2 aromatic rings. The summed E-state index contributed by atoms with van der Waals surface area (Å²) in [5.41, 5.74) is 1.50. The number of nitrogens with one attached hydrogen (secondary N) is 2. The van der Waals surface area contributed by atoms with Crippen molar-refractivity contribution in [3.05, 3.63) is 52.5 Å². The van der Waals surface area contributed by atoms with Gasteiger partial charge in [0.15, 0.2) is 0 Å². The monoisotopic (exact) mass is 384 g/mol. The molecule has 24 heavy (non-hydrogen) atoms. The van der Waals surface area contributed by atoms with E-state index in [4.69, 9.17) is 23.2 Å². The molecule has 2 aromatic carbocycles. The fourth-order valence-corrected chi connectivity index (χ4v) is 4.25. The van der Waals surface area contributed by atoms with Crippen molar-refractivity contribution in [1.82, 2.24) is 0 Å². The third-order valence-corrected chi connectivity index (χ3v) is 6.18. The van der Waals surface area contributed by atoms with Crippen molar-refractivity contribution >= 4 is 44.6 Å². The Kier molecular flexibility index (Phi) is 5.23. The molecule has 0 atom stereocenters. The van der Waals surface area contributed by atoms with Crippen LogP contribution in [0, 0.1) is 0 Å². The van der Waals surface area contributed by atoms with Gasteiger partial charge >= 0.3 is 0 Å². The molecular formula is C17H18Cl2N2O2S. The maximum absolute atomic E-state index is 12.4. The average Bonchev–Trinajstić information content (AvgIpc) is 3.04. The lowest BCUT2D eigenvalue weighted by molar-refractivity contribution is 0.601. The van der Waals surface area contributed by atoms with E-state index in [1.54, 1.807) is 12.1 Å². The quantitative estimate of drug-likeness (QED) is 0.749. The lowest BCUT2D eigenvalue weighted by Gasteiger charge is -2.14. The maximum Gasteiger partial charge on any atom is 0.261 e. The van der Waals surface area contributed by atoms with Gasteiger partial charge in [-0.3, -0.25) is 4.72 Å². The molecule has 2 N–H and O–H groups in total. The molecule has 0 radical (unpaired) electrons. The molecule has 1 aliphatic carbocycles. The molecule has 0 heterocycles. The van der Waals surface area contributed by atoms with E-state index in [9.17, 15) is 8.42 Å². The molecule has 0 unspecified atom stereocenters. The topological polar surface area (TPSA) is 58.2 Å². The van der Waals surface area contributed by atoms with Gasteiger partial charge in [0.05, 0.1) is 14.9 Å². The first kappa shape index (κ1) is 17.4. The third kappa shape index (κ3) is 4.15. The van der Waals surface area contributed by atoms with Gasteiger partial charge in [0, 0.05) is 17.4 Å². The second-order valence-corrected chi connectivity index (χ2v) is 8.38. The van der Waals surface area contributed by atoms with Crippen LogP contribution in [-0.2, 0) is 10.0 Å². The smallest absolute Gasteiger partial charge is 0.261 e. The molecule has 1 saturated carbocycles. The van der Waals surface area contributed by atoms with Crippen molar-refractivity contribution in [2.45, 2.75) is 36.6 Å². The van der Waals surface area contributed by atoms with Gasteiger partial charge in [0.2, 0.25) is 0 Å². The molecule has 0 spiro atoms. The molecule has 1 aliphatic rings. The lowest BCUT2D eigenvalue weighted by Crippen LogP contribution is -2.15. The number of hydrogen-bond donors (Lipinski definition) is 2. The van der Waals surface area contributed by atoms with Crippen LogP contribution in [0.25, 0.3) is 0 Å². The van der Waals surface area contributed by atoms with Gasteiger partial charge < -0.3 is 5.32 Å². The minimum Gasteiger partial charge on any atom is -0.382 e. The lowest BCUT2D eigenvalue weighted by atomic mass is 10.2. The zero-order valence-electron chi connectivity index (χ0n) is 12.9. The first-order valence-corrected chi connectivity index (χ1v) is 10.0. The molecule has 7 heteroatoms. The van der Waals surface area contributed by atoms with Crippen LogP contribution in [0.15, 0.2) is 47.4 Å². The highest BCUT2D eigenvalue weighted by Crippen LogP contribution is 2.27. The van der Waals surface area contributed by atoms with Crippen LogP contribution < -0.4 is 10.0 Å². The van der Waals surface area contributed by atoms with Gasteiger partial charge in [-0.05, 0) is 55.3 Å². The summed E-state index contributed by atoms with van der Waals surface area (Å²) in [4.78, 5) is 0.0741. The molecule has 4 nitrogen and oxygen atoms in total. The Hall–Kier alpha value is -1.43. The Labute approximate surface area is 152 Å². The third-order valence-electron chi connectivity index (χ3n) is 4.06. The summed E-state index contributed by atoms with van der Waals surface area (Å²) in [5, 5.41) is 3.99. The fourth-order valence-electron chi connectivity index (χ4n) is 2.80. The summed E-state index contributed by atoms with van der Waals surface area (Å²) in [5.74, 6) is 0. The zero-order valence-corrected chi connectivity index (χ0v) is 15.3. The van der Waals surface area contributed by atoms with E-state index in [1.165, 1.54) is 43.9 Å². The standard InChI is InChI=1S/C17H18Cl2N2O2S/c18-16-10-9-15(11-17(16)19)24(22,23)21-14-7-5-13(6-8-14)20-12-3-1-2-4-12/h5-12,20-21H,1-4H2. The second kappa shape index (κ2) is 7.21. The van der Waals surface area contributed by atoms with Crippen LogP contribution in [0.3, 0.4) is 0 Å². The van der Waals surface area contributed by atoms with Gasteiger partial charge in [-0.1, -0.05) is 36.0 Å². The predicted molar refractivity (Wildman–Crippen MR) is 99.6 cm³/mol. The molecule has 0 bridgehead atoms. The van der Waals surface area contributed by atoms with Gasteiger partial charge in [0.1, 0.15) is 0 Å². The van der Waals surface area contributed by atoms with Gasteiger partial charge in [-0.2, -0.15) is 0 Å². The molecular weight excluding hydrogens is 367 g/mol. The van der Waals surface area contributed by atoms with Crippen LogP contribution in [0.1, 0.15) is 25.7 Å². The van der Waals surface area contributed by atoms with Crippen molar-refractivity contribution < 1.29 is 8.42 Å². The van der Waals surface area contributed by atoms with Crippen LogP contribution in [0.5, 0.6) is 0 Å². The molecule has 0 amide bonds. The summed E-state index contributed by atoms with van der Waals surface area (Å²) < 4.78 is 27.3. The fraction of sp³-hybridized carbons (Fsp3) is 0.294. The van der Waals surface area contributed by atoms with Crippen LogP contribution in [0.4, 0.5) is 11.4 Å². The molecule has 0 aromatic heterocycles. The summed E-state index contributed by atoms with van der Waals surface area (Å²) in [6.45, 7) is 0. The Morgan fingerprint density at radius 3 is 2.12 bits per heavy atom. The highest BCUT2D eigenvalue weighted by atomic mass is 35.5. The number of sulfonamides is 1. The first-order chi connectivity index (χ1) is 11.4. The molecule has 0 saturated heterocycles. The second-order valence-electron chi connectivity index (χ2n) is 5.88. The summed E-state index contributed by atoms with van der Waals surface area (Å²) >= 11 is 11.7. The van der Waals surface area contributed by atoms with Crippen LogP contribution in [0.2, 0.25) is 10.0 Å². The maximum atomic E-state index is 12.4. The predicted octanol–water partition coefficient (Wildman–Crippen LogP) is 5.15. The van der Waals surface area contributed by atoms with Crippen molar-refractivity contribution in [2.75, 3.05) is 10.0 Å². The highest BCUT2D eigenvalue weighted by molar-refractivity contribution is 7.92. The first-order valence-electron chi connectivity index (χ1n) is 7.78. The Morgan fingerprint density at radius 1 is 0.875 bits per heavy atom. The SMILES string of the molecule is O=S(=O)(Nc1ccc(NC2CCCC2)cc1)c1ccc(Cl)c(Cl)c1. The van der Waals surface area contributed by atoms with Gasteiger partial charge in [-0.25, -0.2) is 8.42 Å². The number of halogens is 2. The number of anilines is 2. The normalized spacial score (nSPS) is 15.4. The largest absolute Gasteiger partial charge is 0.382 e. The van der Waals surface area contributed by atoms with Crippen LogP contribution >= 0.6 is 23.2 Å². The Bertz CT molecular complexity index is 817. The van der Waals surface area contributed by atoms with E-state index in [0.29, 0.717) is 16.8 Å². The summed E-state index contributed by atoms with van der Waals surface area (Å²) in [6.07, 6.45) is 4.90. The van der Waals surface area contributed by atoms with E-state index in [2.05, 4.69) is 10.0 Å². The Balaban J connectivity index is 1.71. The Morgan fingerprint density at radius 2 is 1.50 bits per heavy atom. The van der Waals surface area contributed by atoms with Crippen LogP contribution in [-0.4, -0.2) is 14.5 Å². The van der Waals surface area contributed by atoms with Crippen molar-refractivity contribution in [3.8, 4) is 0 Å². The number of rotatable bonds is 5. The summed E-state index contributed by atoms with van der Waals surface area (Å²) in [6, 6.07) is 12.0. The van der Waals surface area contributed by atoms with E-state index in [0.717, 1.165) is 5.69 Å². The molecule has 0 aliphatic heterocycles. The highest BCUT2D eigenvalue weighted by Gasteiger charge is 2.17. The van der Waals surface area contributed by atoms with E-state index >= 15 is 0 Å². The van der Waals surface area contributed by atoms with E-state index in [-0.39, 0.29) is 9.92 Å². The molecule has 3 rings (SSSR count). The van der Waals surface area contributed by atoms with Gasteiger partial charge in [0.25, 0.3) is 10.0 Å². The minimum absolute atomic E-state index is 0.0741. The average molecular weight is 385 g/mol. The summed E-state index contributed by atoms with van der Waals surface area (Å²) in [7, 11) is -3.70.